The number of halogens is 2. The molecule has 0 aromatic heterocycles. The Morgan fingerprint density at radius 1 is 1.08 bits per heavy atom. The molecule has 0 atom stereocenters. The summed E-state index contributed by atoms with van der Waals surface area (Å²) in [5.74, 6) is 1.28. The molecule has 1 aliphatic rings. The largest absolute Gasteiger partial charge is 0.216 e. The minimum atomic E-state index is -0.124. The van der Waals surface area contributed by atoms with Crippen LogP contribution in [-0.4, -0.2) is 0 Å². The molecule has 2 rings (SSSR count). The van der Waals surface area contributed by atoms with E-state index in [4.69, 9.17) is 0 Å². The van der Waals surface area contributed by atoms with E-state index in [9.17, 15) is 8.78 Å². The predicted octanol–water partition coefficient (Wildman–Crippen LogP) is 7.49. The van der Waals surface area contributed by atoms with E-state index in [-0.39, 0.29) is 5.82 Å². The fourth-order valence-electron chi connectivity index (χ4n) is 3.97. The van der Waals surface area contributed by atoms with Gasteiger partial charge < -0.3 is 0 Å². The first-order chi connectivity index (χ1) is 11.7. The SMILES string of the molecule is CCCCCCC1CCC(c2ccc(CCC=CF)c(F)c2)CC1. The lowest BCUT2D eigenvalue weighted by molar-refractivity contribution is 0.302. The number of aryl methyl sites for hydroxylation is 1. The van der Waals surface area contributed by atoms with E-state index in [1.165, 1.54) is 63.9 Å². The van der Waals surface area contributed by atoms with Crippen molar-refractivity contribution in [2.75, 3.05) is 0 Å². The van der Waals surface area contributed by atoms with E-state index in [0.29, 0.717) is 30.7 Å². The van der Waals surface area contributed by atoms with Crippen molar-refractivity contribution >= 4 is 0 Å². The van der Waals surface area contributed by atoms with Crippen LogP contribution in [0.1, 0.15) is 88.2 Å². The van der Waals surface area contributed by atoms with Gasteiger partial charge in [-0.15, -0.1) is 0 Å². The molecule has 2 heteroatoms. The molecule has 0 radical (unpaired) electrons. The van der Waals surface area contributed by atoms with Crippen LogP contribution in [0.25, 0.3) is 0 Å². The third-order valence-corrected chi connectivity index (χ3v) is 5.53. The molecule has 1 aliphatic carbocycles. The lowest BCUT2D eigenvalue weighted by Crippen LogP contribution is -2.13. The Hall–Kier alpha value is -1.18. The lowest BCUT2D eigenvalue weighted by Gasteiger charge is -2.29. The molecule has 0 aliphatic heterocycles. The zero-order valence-corrected chi connectivity index (χ0v) is 15.1. The maximum absolute atomic E-state index is 14.2. The maximum Gasteiger partial charge on any atom is 0.126 e. The van der Waals surface area contributed by atoms with E-state index in [1.807, 2.05) is 6.07 Å². The van der Waals surface area contributed by atoms with Crippen molar-refractivity contribution in [3.63, 3.8) is 0 Å². The van der Waals surface area contributed by atoms with Gasteiger partial charge >= 0.3 is 0 Å². The third kappa shape index (κ3) is 6.03. The molecule has 1 saturated carbocycles. The average molecular weight is 334 g/mol. The summed E-state index contributed by atoms with van der Waals surface area (Å²) in [5, 5.41) is 0. The average Bonchev–Trinajstić information content (AvgIpc) is 2.61. The Bertz CT molecular complexity index is 499. The van der Waals surface area contributed by atoms with Crippen LogP contribution in [0.4, 0.5) is 8.78 Å². The summed E-state index contributed by atoms with van der Waals surface area (Å²) in [5.41, 5.74) is 1.85. The zero-order valence-electron chi connectivity index (χ0n) is 15.1. The Morgan fingerprint density at radius 3 is 2.54 bits per heavy atom. The molecular formula is C22H32F2. The lowest BCUT2D eigenvalue weighted by atomic mass is 9.77. The van der Waals surface area contributed by atoms with Crippen molar-refractivity contribution in [2.24, 2.45) is 5.92 Å². The van der Waals surface area contributed by atoms with E-state index >= 15 is 0 Å². The highest BCUT2D eigenvalue weighted by molar-refractivity contribution is 5.27. The number of unbranched alkanes of at least 4 members (excludes halogenated alkanes) is 3. The summed E-state index contributed by atoms with van der Waals surface area (Å²) in [7, 11) is 0. The summed E-state index contributed by atoms with van der Waals surface area (Å²) in [6, 6.07) is 5.71. The van der Waals surface area contributed by atoms with Crippen LogP contribution in [0.2, 0.25) is 0 Å². The van der Waals surface area contributed by atoms with Crippen molar-refractivity contribution in [1.29, 1.82) is 0 Å². The Balaban J connectivity index is 1.80. The Labute approximate surface area is 146 Å². The molecule has 0 bridgehead atoms. The van der Waals surface area contributed by atoms with Gasteiger partial charge in [0.1, 0.15) is 5.82 Å². The molecule has 0 nitrogen and oxygen atoms in total. The van der Waals surface area contributed by atoms with Crippen LogP contribution in [0.5, 0.6) is 0 Å². The molecule has 0 unspecified atom stereocenters. The first kappa shape index (κ1) is 19.1. The van der Waals surface area contributed by atoms with Crippen molar-refractivity contribution in [2.45, 2.75) is 83.5 Å². The van der Waals surface area contributed by atoms with Crippen LogP contribution in [0.3, 0.4) is 0 Å². The number of hydrogen-bond donors (Lipinski definition) is 0. The predicted molar refractivity (Wildman–Crippen MR) is 98.4 cm³/mol. The van der Waals surface area contributed by atoms with Crippen LogP contribution >= 0.6 is 0 Å². The molecule has 1 aromatic carbocycles. The van der Waals surface area contributed by atoms with E-state index in [0.717, 1.165) is 11.5 Å². The molecule has 0 saturated heterocycles. The standard InChI is InChI=1S/C22H32F2/c1-2-3-4-5-8-18-10-12-19(13-11-18)21-15-14-20(22(24)17-21)9-6-7-16-23/h7,14-19H,2-6,8-13H2,1H3. The quantitative estimate of drug-likeness (QED) is 0.410. The normalized spacial score (nSPS) is 21.5. The first-order valence-corrected chi connectivity index (χ1v) is 9.78. The summed E-state index contributed by atoms with van der Waals surface area (Å²) < 4.78 is 26.2. The minimum Gasteiger partial charge on any atom is -0.216 e. The van der Waals surface area contributed by atoms with E-state index in [2.05, 4.69) is 13.0 Å². The van der Waals surface area contributed by atoms with E-state index < -0.39 is 0 Å². The molecule has 1 aromatic rings. The van der Waals surface area contributed by atoms with Crippen LogP contribution in [-0.2, 0) is 6.42 Å². The van der Waals surface area contributed by atoms with Crippen molar-refractivity contribution in [1.82, 2.24) is 0 Å². The molecule has 0 amide bonds. The summed E-state index contributed by atoms with van der Waals surface area (Å²) in [4.78, 5) is 0. The second-order valence-corrected chi connectivity index (χ2v) is 7.32. The second-order valence-electron chi connectivity index (χ2n) is 7.32. The Kier molecular flexibility index (Phi) is 8.49. The topological polar surface area (TPSA) is 0 Å². The molecular weight excluding hydrogens is 302 g/mol. The number of benzene rings is 1. The fourth-order valence-corrected chi connectivity index (χ4v) is 3.97. The smallest absolute Gasteiger partial charge is 0.126 e. The highest BCUT2D eigenvalue weighted by atomic mass is 19.1. The van der Waals surface area contributed by atoms with Crippen molar-refractivity contribution in [3.8, 4) is 0 Å². The monoisotopic (exact) mass is 334 g/mol. The minimum absolute atomic E-state index is 0.124. The summed E-state index contributed by atoms with van der Waals surface area (Å²) in [6.45, 7) is 2.26. The Morgan fingerprint density at radius 2 is 1.88 bits per heavy atom. The van der Waals surface area contributed by atoms with E-state index in [1.54, 1.807) is 6.07 Å². The molecule has 24 heavy (non-hydrogen) atoms. The molecule has 1 fully saturated rings. The fraction of sp³-hybridized carbons (Fsp3) is 0.636. The van der Waals surface area contributed by atoms with Gasteiger partial charge in [0.05, 0.1) is 6.33 Å². The van der Waals surface area contributed by atoms with Crippen molar-refractivity contribution < 1.29 is 8.78 Å². The zero-order chi connectivity index (χ0) is 17.2. The second kappa shape index (κ2) is 10.6. The van der Waals surface area contributed by atoms with Gasteiger partial charge in [-0.2, -0.15) is 0 Å². The first-order valence-electron chi connectivity index (χ1n) is 9.78. The third-order valence-electron chi connectivity index (χ3n) is 5.53. The van der Waals surface area contributed by atoms with Gasteiger partial charge in [-0.05, 0) is 67.6 Å². The molecule has 0 N–H and O–H groups in total. The van der Waals surface area contributed by atoms with Gasteiger partial charge in [-0.25, -0.2) is 8.78 Å². The number of rotatable bonds is 9. The molecule has 0 spiro atoms. The van der Waals surface area contributed by atoms with Gasteiger partial charge in [0.15, 0.2) is 0 Å². The molecule has 134 valence electrons. The van der Waals surface area contributed by atoms with Gasteiger partial charge in [-0.3, -0.25) is 0 Å². The van der Waals surface area contributed by atoms with Gasteiger partial charge in [0, 0.05) is 0 Å². The summed E-state index contributed by atoms with van der Waals surface area (Å²) >= 11 is 0. The van der Waals surface area contributed by atoms with Crippen LogP contribution in [0, 0.1) is 11.7 Å². The maximum atomic E-state index is 14.2. The van der Waals surface area contributed by atoms with Crippen LogP contribution in [0.15, 0.2) is 30.6 Å². The highest BCUT2D eigenvalue weighted by Crippen LogP contribution is 2.38. The van der Waals surface area contributed by atoms with Crippen molar-refractivity contribution in [3.05, 3.63) is 47.5 Å². The van der Waals surface area contributed by atoms with Gasteiger partial charge in [-0.1, -0.05) is 57.2 Å². The number of allylic oxidation sites excluding steroid dienone is 1. The number of hydrogen-bond acceptors (Lipinski definition) is 0. The van der Waals surface area contributed by atoms with Gasteiger partial charge in [0.2, 0.25) is 0 Å². The van der Waals surface area contributed by atoms with Crippen LogP contribution < -0.4 is 0 Å². The van der Waals surface area contributed by atoms with Gasteiger partial charge in [0.25, 0.3) is 0 Å². The summed E-state index contributed by atoms with van der Waals surface area (Å²) in [6.07, 6.45) is 14.9. The highest BCUT2D eigenvalue weighted by Gasteiger charge is 2.22. The molecule has 0 heterocycles.